The van der Waals surface area contributed by atoms with E-state index in [1.54, 1.807) is 12.1 Å². The molecule has 0 bridgehead atoms. The van der Waals surface area contributed by atoms with Gasteiger partial charge in [0.05, 0.1) is 10.5 Å². The summed E-state index contributed by atoms with van der Waals surface area (Å²) in [5, 5.41) is 19.3. The molecule has 8 heteroatoms. The molecule has 6 nitrogen and oxygen atoms in total. The van der Waals surface area contributed by atoms with Crippen LogP contribution in [0.5, 0.6) is 0 Å². The van der Waals surface area contributed by atoms with E-state index < -0.39 is 10.9 Å². The maximum absolute atomic E-state index is 10.8. The topological polar surface area (TPSA) is 93.3 Å². The molecule has 1 aromatic carbocycles. The molecule has 0 atom stereocenters. The van der Waals surface area contributed by atoms with Crippen molar-refractivity contribution in [3.05, 3.63) is 46.1 Å². The van der Waals surface area contributed by atoms with Gasteiger partial charge in [0.25, 0.3) is 0 Å². The van der Waals surface area contributed by atoms with Crippen molar-refractivity contribution in [2.45, 2.75) is 9.24 Å². The molecule has 0 saturated heterocycles. The van der Waals surface area contributed by atoms with Gasteiger partial charge in [0.2, 0.25) is 0 Å². The number of thiazole rings is 1. The first-order chi connectivity index (χ1) is 8.56. The maximum atomic E-state index is 10.8. The fourth-order valence-electron chi connectivity index (χ4n) is 1.18. The lowest BCUT2D eigenvalue weighted by molar-refractivity contribution is -0.380. The molecule has 0 aliphatic heterocycles. The smallest absolute Gasteiger partial charge is 0.344 e. The van der Waals surface area contributed by atoms with Crippen molar-refractivity contribution in [2.75, 3.05) is 0 Å². The summed E-state index contributed by atoms with van der Waals surface area (Å²) in [5.41, 5.74) is 0.172. The highest BCUT2D eigenvalue weighted by Crippen LogP contribution is 2.34. The van der Waals surface area contributed by atoms with Crippen molar-refractivity contribution in [2.24, 2.45) is 0 Å². The van der Waals surface area contributed by atoms with Gasteiger partial charge in [0.1, 0.15) is 6.20 Å². The van der Waals surface area contributed by atoms with Gasteiger partial charge in [-0.3, -0.25) is 10.1 Å². The molecular weight excluding hydrogens is 276 g/mol. The number of nitro groups is 1. The number of aromatic carboxylic acids is 1. The van der Waals surface area contributed by atoms with Gasteiger partial charge in [0, 0.05) is 4.90 Å². The van der Waals surface area contributed by atoms with Gasteiger partial charge < -0.3 is 5.11 Å². The molecule has 0 amide bonds. The number of hydrogen-bond acceptors (Lipinski definition) is 6. The standard InChI is InChI=1S/C10H6N2O4S2/c13-9(14)6-2-1-3-7(4-6)17-10-11-5-8(18-10)12(15)16/h1-5H,(H,13,14). The van der Waals surface area contributed by atoms with Gasteiger partial charge in [0.15, 0.2) is 4.34 Å². The number of benzene rings is 1. The van der Waals surface area contributed by atoms with E-state index in [-0.39, 0.29) is 10.6 Å². The number of hydrogen-bond donors (Lipinski definition) is 1. The zero-order valence-electron chi connectivity index (χ0n) is 8.77. The summed E-state index contributed by atoms with van der Waals surface area (Å²) in [4.78, 5) is 25.4. The van der Waals surface area contributed by atoms with Crippen LogP contribution in [-0.4, -0.2) is 21.0 Å². The average molecular weight is 282 g/mol. The van der Waals surface area contributed by atoms with Crippen LogP contribution in [0, 0.1) is 10.1 Å². The second-order valence-electron chi connectivity index (χ2n) is 3.16. The maximum Gasteiger partial charge on any atom is 0.344 e. The van der Waals surface area contributed by atoms with Crippen LogP contribution in [0.25, 0.3) is 0 Å². The van der Waals surface area contributed by atoms with Crippen LogP contribution in [0.4, 0.5) is 5.00 Å². The zero-order chi connectivity index (χ0) is 13.1. The van der Waals surface area contributed by atoms with Crippen LogP contribution in [0.1, 0.15) is 10.4 Å². The minimum atomic E-state index is -1.01. The van der Waals surface area contributed by atoms with Gasteiger partial charge >= 0.3 is 11.0 Å². The van der Waals surface area contributed by atoms with Crippen molar-refractivity contribution < 1.29 is 14.8 Å². The van der Waals surface area contributed by atoms with Crippen molar-refractivity contribution in [3.63, 3.8) is 0 Å². The lowest BCUT2D eigenvalue weighted by Gasteiger charge is -1.98. The van der Waals surface area contributed by atoms with E-state index in [2.05, 4.69) is 4.98 Å². The third kappa shape index (κ3) is 2.84. The van der Waals surface area contributed by atoms with Gasteiger partial charge in [-0.05, 0) is 29.5 Å². The molecule has 0 fully saturated rings. The zero-order valence-corrected chi connectivity index (χ0v) is 10.4. The summed E-state index contributed by atoms with van der Waals surface area (Å²) in [7, 11) is 0. The number of nitrogens with zero attached hydrogens (tertiary/aromatic N) is 2. The van der Waals surface area contributed by atoms with E-state index in [4.69, 9.17) is 5.11 Å². The van der Waals surface area contributed by atoms with E-state index >= 15 is 0 Å². The predicted octanol–water partition coefficient (Wildman–Crippen LogP) is 2.90. The number of carboxylic acids is 1. The second kappa shape index (κ2) is 5.15. The van der Waals surface area contributed by atoms with E-state index in [0.29, 0.717) is 9.24 Å². The molecule has 0 saturated carbocycles. The normalized spacial score (nSPS) is 10.2. The Bertz CT molecular complexity index is 611. The average Bonchev–Trinajstić information content (AvgIpc) is 2.78. The van der Waals surface area contributed by atoms with Crippen molar-refractivity contribution in [1.82, 2.24) is 4.98 Å². The highest BCUT2D eigenvalue weighted by molar-refractivity contribution is 8.01. The minimum absolute atomic E-state index is 0.0353. The summed E-state index contributed by atoms with van der Waals surface area (Å²) in [6, 6.07) is 6.33. The fraction of sp³-hybridized carbons (Fsp3) is 0. The van der Waals surface area contributed by atoms with Crippen molar-refractivity contribution in [1.29, 1.82) is 0 Å². The van der Waals surface area contributed by atoms with Crippen molar-refractivity contribution in [3.8, 4) is 0 Å². The first kappa shape index (κ1) is 12.5. The SMILES string of the molecule is O=C(O)c1cccc(Sc2ncc([N+](=O)[O-])s2)c1. The molecule has 92 valence electrons. The van der Waals surface area contributed by atoms with Gasteiger partial charge in [-0.15, -0.1) is 0 Å². The van der Waals surface area contributed by atoms with Crippen LogP contribution in [0.3, 0.4) is 0 Å². The molecule has 2 rings (SSSR count). The Morgan fingerprint density at radius 2 is 2.28 bits per heavy atom. The highest BCUT2D eigenvalue weighted by Gasteiger charge is 2.13. The first-order valence-electron chi connectivity index (χ1n) is 4.67. The fourth-order valence-corrected chi connectivity index (χ4v) is 2.99. The van der Waals surface area contributed by atoms with Crippen molar-refractivity contribution >= 4 is 34.1 Å². The molecule has 0 spiro atoms. The quantitative estimate of drug-likeness (QED) is 0.684. The third-order valence-corrected chi connectivity index (χ3v) is 3.95. The van der Waals surface area contributed by atoms with Crippen LogP contribution in [0.15, 0.2) is 39.7 Å². The third-order valence-electron chi connectivity index (χ3n) is 1.94. The Balaban J connectivity index is 2.20. The summed E-state index contributed by atoms with van der Waals surface area (Å²) in [5.74, 6) is -1.01. The van der Waals surface area contributed by atoms with E-state index in [1.807, 2.05) is 0 Å². The second-order valence-corrected chi connectivity index (χ2v) is 5.49. The lowest BCUT2D eigenvalue weighted by atomic mass is 10.2. The monoisotopic (exact) mass is 282 g/mol. The number of carbonyl (C=O) groups is 1. The Morgan fingerprint density at radius 3 is 2.89 bits per heavy atom. The number of rotatable bonds is 4. The molecule has 0 radical (unpaired) electrons. The minimum Gasteiger partial charge on any atom is -0.478 e. The molecule has 1 N–H and O–H groups in total. The van der Waals surface area contributed by atoms with Gasteiger partial charge in [-0.2, -0.15) is 0 Å². The predicted molar refractivity (Wildman–Crippen MR) is 66.3 cm³/mol. The Kier molecular flexibility index (Phi) is 3.58. The first-order valence-corrected chi connectivity index (χ1v) is 6.31. The lowest BCUT2D eigenvalue weighted by Crippen LogP contribution is -1.95. The van der Waals surface area contributed by atoms with Gasteiger partial charge in [-0.1, -0.05) is 17.8 Å². The molecular formula is C10H6N2O4S2. The van der Waals surface area contributed by atoms with Crippen LogP contribution in [-0.2, 0) is 0 Å². The van der Waals surface area contributed by atoms with Crippen LogP contribution < -0.4 is 0 Å². The molecule has 2 aromatic rings. The number of carboxylic acid groups (broad SMARTS) is 1. The Morgan fingerprint density at radius 1 is 1.50 bits per heavy atom. The summed E-state index contributed by atoms with van der Waals surface area (Å²) in [6.07, 6.45) is 1.19. The van der Waals surface area contributed by atoms with E-state index in [9.17, 15) is 14.9 Å². The summed E-state index contributed by atoms with van der Waals surface area (Å²) >= 11 is 2.15. The summed E-state index contributed by atoms with van der Waals surface area (Å²) < 4.78 is 0.504. The van der Waals surface area contributed by atoms with E-state index in [0.717, 1.165) is 11.3 Å². The molecule has 0 aliphatic carbocycles. The molecule has 1 heterocycles. The highest BCUT2D eigenvalue weighted by atomic mass is 32.2. The largest absolute Gasteiger partial charge is 0.478 e. The molecule has 18 heavy (non-hydrogen) atoms. The molecule has 0 unspecified atom stereocenters. The van der Waals surface area contributed by atoms with Gasteiger partial charge in [-0.25, -0.2) is 9.78 Å². The number of aromatic nitrogens is 1. The Hall–Kier alpha value is -1.93. The van der Waals surface area contributed by atoms with E-state index in [1.165, 1.54) is 30.1 Å². The molecule has 0 aliphatic rings. The van der Waals surface area contributed by atoms with Crippen LogP contribution in [0.2, 0.25) is 0 Å². The summed E-state index contributed by atoms with van der Waals surface area (Å²) in [6.45, 7) is 0. The van der Waals surface area contributed by atoms with Crippen LogP contribution >= 0.6 is 23.1 Å². The molecule has 1 aromatic heterocycles. The Labute approximate surface area is 109 Å².